The zero-order chi connectivity index (χ0) is 18.1. The van der Waals surface area contributed by atoms with Gasteiger partial charge in [0.1, 0.15) is 11.9 Å². The highest BCUT2D eigenvalue weighted by atomic mass is 16.5. The van der Waals surface area contributed by atoms with Crippen LogP contribution in [-0.2, 0) is 6.54 Å². The molecule has 0 bridgehead atoms. The van der Waals surface area contributed by atoms with Crippen LogP contribution in [0.5, 0.6) is 5.75 Å². The summed E-state index contributed by atoms with van der Waals surface area (Å²) < 4.78 is 11.8. The molecule has 1 atom stereocenters. The van der Waals surface area contributed by atoms with Gasteiger partial charge in [0, 0.05) is 37.9 Å². The minimum absolute atomic E-state index is 0.161. The maximum atomic E-state index is 6.33. The van der Waals surface area contributed by atoms with Crippen molar-refractivity contribution in [1.82, 2.24) is 20.0 Å². The Labute approximate surface area is 158 Å². The van der Waals surface area contributed by atoms with Crippen LogP contribution in [0.3, 0.4) is 0 Å². The standard InChI is InChI=1S/C21H22N4O2/c1-2-6-19(18(5-1)21-23-20(24-27-21)16-7-8-16)26-17-9-11-25(14-17)13-15-4-3-10-22-12-15/h1-6,10,12,16-17H,7-9,11,13-14H2. The molecule has 138 valence electrons. The summed E-state index contributed by atoms with van der Waals surface area (Å²) in [6.07, 6.45) is 7.22. The average molecular weight is 362 g/mol. The molecule has 3 heterocycles. The summed E-state index contributed by atoms with van der Waals surface area (Å²) in [5.41, 5.74) is 2.11. The number of ether oxygens (including phenoxy) is 1. The average Bonchev–Trinajstić information content (AvgIpc) is 3.27. The van der Waals surface area contributed by atoms with Gasteiger partial charge in [-0.05, 0) is 43.0 Å². The SMILES string of the molecule is c1cncc(CN2CCC(Oc3ccccc3-c3nc(C4CC4)no3)C2)c1. The fourth-order valence-electron chi connectivity index (χ4n) is 3.56. The molecule has 2 fully saturated rings. The van der Waals surface area contributed by atoms with Gasteiger partial charge in [0.05, 0.1) is 5.56 Å². The van der Waals surface area contributed by atoms with Gasteiger partial charge < -0.3 is 9.26 Å². The Hall–Kier alpha value is -2.73. The van der Waals surface area contributed by atoms with E-state index in [0.717, 1.165) is 56.0 Å². The maximum absolute atomic E-state index is 6.33. The van der Waals surface area contributed by atoms with Gasteiger partial charge in [-0.2, -0.15) is 4.98 Å². The van der Waals surface area contributed by atoms with E-state index in [0.29, 0.717) is 11.8 Å². The van der Waals surface area contributed by atoms with E-state index >= 15 is 0 Å². The second-order valence-electron chi connectivity index (χ2n) is 7.35. The number of benzene rings is 1. The van der Waals surface area contributed by atoms with Crippen LogP contribution in [0, 0.1) is 0 Å². The summed E-state index contributed by atoms with van der Waals surface area (Å²) in [7, 11) is 0. The molecule has 1 aliphatic heterocycles. The molecule has 2 aliphatic rings. The molecule has 1 saturated carbocycles. The molecule has 6 heteroatoms. The fraction of sp³-hybridized carbons (Fsp3) is 0.381. The monoisotopic (exact) mass is 362 g/mol. The highest BCUT2D eigenvalue weighted by molar-refractivity contribution is 5.62. The van der Waals surface area contributed by atoms with E-state index < -0.39 is 0 Å². The van der Waals surface area contributed by atoms with E-state index in [1.54, 1.807) is 0 Å². The molecule has 1 unspecified atom stereocenters. The van der Waals surface area contributed by atoms with E-state index in [4.69, 9.17) is 9.26 Å². The summed E-state index contributed by atoms with van der Waals surface area (Å²) in [6.45, 7) is 2.83. The summed E-state index contributed by atoms with van der Waals surface area (Å²) >= 11 is 0. The largest absolute Gasteiger partial charge is 0.488 e. The molecule has 27 heavy (non-hydrogen) atoms. The number of pyridine rings is 1. The lowest BCUT2D eigenvalue weighted by Gasteiger charge is -2.17. The van der Waals surface area contributed by atoms with Crippen molar-refractivity contribution < 1.29 is 9.26 Å². The minimum atomic E-state index is 0.161. The van der Waals surface area contributed by atoms with Gasteiger partial charge >= 0.3 is 0 Å². The molecule has 3 aromatic rings. The third-order valence-electron chi connectivity index (χ3n) is 5.15. The molecular formula is C21H22N4O2. The first kappa shape index (κ1) is 16.4. The van der Waals surface area contributed by atoms with Gasteiger partial charge in [0.2, 0.25) is 0 Å². The number of hydrogen-bond acceptors (Lipinski definition) is 6. The third kappa shape index (κ3) is 3.71. The van der Waals surface area contributed by atoms with Gasteiger partial charge in [-0.3, -0.25) is 9.88 Å². The second kappa shape index (κ2) is 7.12. The number of nitrogens with zero attached hydrogens (tertiary/aromatic N) is 4. The lowest BCUT2D eigenvalue weighted by Crippen LogP contribution is -2.24. The Balaban J connectivity index is 1.27. The van der Waals surface area contributed by atoms with Crippen LogP contribution < -0.4 is 4.74 Å². The molecule has 0 N–H and O–H groups in total. The predicted octanol–water partition coefficient (Wildman–Crippen LogP) is 3.66. The van der Waals surface area contributed by atoms with Gasteiger partial charge in [-0.25, -0.2) is 0 Å². The summed E-state index contributed by atoms with van der Waals surface area (Å²) in [5.74, 6) is 2.67. The zero-order valence-corrected chi connectivity index (χ0v) is 15.1. The quantitative estimate of drug-likeness (QED) is 0.667. The summed E-state index contributed by atoms with van der Waals surface area (Å²) in [6, 6.07) is 12.0. The molecule has 0 radical (unpaired) electrons. The van der Waals surface area contributed by atoms with Crippen molar-refractivity contribution in [1.29, 1.82) is 0 Å². The van der Waals surface area contributed by atoms with Crippen LogP contribution in [0.25, 0.3) is 11.5 Å². The first-order valence-corrected chi connectivity index (χ1v) is 9.56. The van der Waals surface area contributed by atoms with E-state index in [1.165, 1.54) is 5.56 Å². The lowest BCUT2D eigenvalue weighted by molar-refractivity contribution is 0.198. The molecule has 1 aliphatic carbocycles. The van der Waals surface area contributed by atoms with E-state index in [2.05, 4.69) is 26.1 Å². The van der Waals surface area contributed by atoms with Crippen LogP contribution in [-0.4, -0.2) is 39.2 Å². The minimum Gasteiger partial charge on any atom is -0.488 e. The Bertz CT molecular complexity index is 907. The van der Waals surface area contributed by atoms with Gasteiger partial charge in [0.25, 0.3) is 5.89 Å². The topological polar surface area (TPSA) is 64.3 Å². The molecule has 1 aromatic carbocycles. The highest BCUT2D eigenvalue weighted by Gasteiger charge is 2.30. The van der Waals surface area contributed by atoms with Gasteiger partial charge in [-0.15, -0.1) is 0 Å². The number of hydrogen-bond donors (Lipinski definition) is 0. The first-order valence-electron chi connectivity index (χ1n) is 9.56. The van der Waals surface area contributed by atoms with Crippen LogP contribution in [0.15, 0.2) is 53.3 Å². The number of para-hydroxylation sites is 1. The molecule has 0 spiro atoms. The third-order valence-corrected chi connectivity index (χ3v) is 5.15. The summed E-state index contributed by atoms with van der Waals surface area (Å²) in [4.78, 5) is 11.2. The van der Waals surface area contributed by atoms with Crippen molar-refractivity contribution >= 4 is 0 Å². The van der Waals surface area contributed by atoms with E-state index in [9.17, 15) is 0 Å². The highest BCUT2D eigenvalue weighted by Crippen LogP contribution is 2.39. The molecule has 6 nitrogen and oxygen atoms in total. The number of likely N-dealkylation sites (tertiary alicyclic amines) is 1. The zero-order valence-electron chi connectivity index (χ0n) is 15.1. The van der Waals surface area contributed by atoms with E-state index in [-0.39, 0.29) is 6.10 Å². The van der Waals surface area contributed by atoms with Crippen molar-refractivity contribution in [3.8, 4) is 17.2 Å². The normalized spacial score (nSPS) is 20.1. The van der Waals surface area contributed by atoms with Crippen LogP contribution in [0.2, 0.25) is 0 Å². The van der Waals surface area contributed by atoms with Crippen LogP contribution >= 0.6 is 0 Å². The van der Waals surface area contributed by atoms with Crippen molar-refractivity contribution in [2.45, 2.75) is 37.8 Å². The fourth-order valence-corrected chi connectivity index (χ4v) is 3.56. The molecule has 1 saturated heterocycles. The van der Waals surface area contributed by atoms with Crippen molar-refractivity contribution in [2.75, 3.05) is 13.1 Å². The van der Waals surface area contributed by atoms with Crippen molar-refractivity contribution in [3.63, 3.8) is 0 Å². The number of rotatable bonds is 6. The van der Waals surface area contributed by atoms with Crippen LogP contribution in [0.4, 0.5) is 0 Å². The lowest BCUT2D eigenvalue weighted by atomic mass is 10.2. The van der Waals surface area contributed by atoms with E-state index in [1.807, 2.05) is 42.7 Å². The first-order chi connectivity index (χ1) is 13.3. The van der Waals surface area contributed by atoms with Gasteiger partial charge in [0.15, 0.2) is 5.82 Å². The number of aromatic nitrogens is 3. The smallest absolute Gasteiger partial charge is 0.261 e. The molecule has 0 amide bonds. The Morgan fingerprint density at radius 2 is 2.04 bits per heavy atom. The maximum Gasteiger partial charge on any atom is 0.261 e. The van der Waals surface area contributed by atoms with Gasteiger partial charge in [-0.1, -0.05) is 23.4 Å². The Kier molecular flexibility index (Phi) is 4.33. The van der Waals surface area contributed by atoms with Crippen molar-refractivity contribution in [2.24, 2.45) is 0 Å². The summed E-state index contributed by atoms with van der Waals surface area (Å²) in [5, 5.41) is 4.13. The Morgan fingerprint density at radius 3 is 2.89 bits per heavy atom. The molecule has 5 rings (SSSR count). The predicted molar refractivity (Wildman–Crippen MR) is 100 cm³/mol. The Morgan fingerprint density at radius 1 is 1.11 bits per heavy atom. The second-order valence-corrected chi connectivity index (χ2v) is 7.35. The van der Waals surface area contributed by atoms with Crippen LogP contribution in [0.1, 0.15) is 36.6 Å². The van der Waals surface area contributed by atoms with Crippen molar-refractivity contribution in [3.05, 3.63) is 60.2 Å². The molecule has 2 aromatic heterocycles. The molecular weight excluding hydrogens is 340 g/mol.